The molecule has 0 aromatic heterocycles. The maximum Gasteiger partial charge on any atom is 0.317 e. The van der Waals surface area contributed by atoms with E-state index in [1.165, 1.54) is 0 Å². The normalized spacial score (nSPS) is 26.1. The zero-order chi connectivity index (χ0) is 14.2. The van der Waals surface area contributed by atoms with Crippen molar-refractivity contribution in [3.8, 4) is 0 Å². The Morgan fingerprint density at radius 3 is 2.32 bits per heavy atom. The number of ether oxygens (including phenoxy) is 1. The van der Waals surface area contributed by atoms with Gasteiger partial charge in [0.05, 0.1) is 5.41 Å². The van der Waals surface area contributed by atoms with Crippen LogP contribution in [0.1, 0.15) is 38.9 Å². The molecule has 1 fully saturated rings. The van der Waals surface area contributed by atoms with Crippen LogP contribution in [0.4, 0.5) is 0 Å². The lowest BCUT2D eigenvalue weighted by Gasteiger charge is -2.39. The van der Waals surface area contributed by atoms with E-state index in [0.29, 0.717) is 11.4 Å². The third-order valence-electron chi connectivity index (χ3n) is 3.71. The predicted molar refractivity (Wildman–Crippen MR) is 72.9 cm³/mol. The lowest BCUT2D eigenvalue weighted by Crippen LogP contribution is -2.47. The summed E-state index contributed by atoms with van der Waals surface area (Å²) in [6.07, 6.45) is -0.0680. The van der Waals surface area contributed by atoms with Crippen LogP contribution in [0, 0.1) is 11.3 Å². The summed E-state index contributed by atoms with van der Waals surface area (Å²) in [4.78, 5) is 24.3. The summed E-state index contributed by atoms with van der Waals surface area (Å²) in [5.74, 6) is -1.11. The number of carbonyl (C=O) groups excluding carboxylic acids is 2. The highest BCUT2D eigenvalue weighted by Crippen LogP contribution is 2.44. The molecule has 1 saturated heterocycles. The highest BCUT2D eigenvalue weighted by atomic mass is 35.5. The fraction of sp³-hybridized carbons (Fsp3) is 0.467. The summed E-state index contributed by atoms with van der Waals surface area (Å²) >= 11 is 5.85. The van der Waals surface area contributed by atoms with Gasteiger partial charge in [-0.25, -0.2) is 0 Å². The van der Waals surface area contributed by atoms with Gasteiger partial charge in [0.25, 0.3) is 0 Å². The summed E-state index contributed by atoms with van der Waals surface area (Å²) < 4.78 is 5.50. The van der Waals surface area contributed by atoms with Gasteiger partial charge in [-0.1, -0.05) is 30.7 Å². The zero-order valence-corrected chi connectivity index (χ0v) is 12.0. The Hall–Kier alpha value is -1.35. The molecular weight excluding hydrogens is 264 g/mol. The van der Waals surface area contributed by atoms with E-state index in [2.05, 4.69) is 0 Å². The maximum atomic E-state index is 12.4. The Morgan fingerprint density at radius 1 is 1.21 bits per heavy atom. The highest BCUT2D eigenvalue weighted by Gasteiger charge is 2.50. The summed E-state index contributed by atoms with van der Waals surface area (Å²) in [7, 11) is 0. The Labute approximate surface area is 117 Å². The lowest BCUT2D eigenvalue weighted by atomic mass is 9.72. The van der Waals surface area contributed by atoms with Crippen LogP contribution >= 0.6 is 11.6 Å². The molecule has 0 unspecified atom stereocenters. The van der Waals surface area contributed by atoms with E-state index >= 15 is 0 Å². The lowest BCUT2D eigenvalue weighted by molar-refractivity contribution is -0.178. The molecule has 1 aromatic rings. The molecule has 0 N–H and O–H groups in total. The third-order valence-corrected chi connectivity index (χ3v) is 3.96. The minimum absolute atomic E-state index is 0.0498. The van der Waals surface area contributed by atoms with Gasteiger partial charge in [-0.3, -0.25) is 9.59 Å². The molecule has 1 aromatic carbocycles. The van der Waals surface area contributed by atoms with Crippen molar-refractivity contribution in [1.29, 1.82) is 0 Å². The van der Waals surface area contributed by atoms with Crippen molar-refractivity contribution in [1.82, 2.24) is 0 Å². The van der Waals surface area contributed by atoms with Gasteiger partial charge in [0.1, 0.15) is 12.0 Å². The van der Waals surface area contributed by atoms with E-state index in [0.717, 1.165) is 5.56 Å². The van der Waals surface area contributed by atoms with Gasteiger partial charge in [-0.05, 0) is 38.0 Å². The van der Waals surface area contributed by atoms with Gasteiger partial charge in [0.2, 0.25) is 0 Å². The summed E-state index contributed by atoms with van der Waals surface area (Å²) in [5.41, 5.74) is 0.0771. The van der Waals surface area contributed by atoms with E-state index in [4.69, 9.17) is 16.3 Å². The van der Waals surface area contributed by atoms with Crippen molar-refractivity contribution >= 4 is 23.4 Å². The first kappa shape index (κ1) is 14.1. The number of ketones is 1. The van der Waals surface area contributed by atoms with Gasteiger partial charge in [-0.15, -0.1) is 0 Å². The molecule has 102 valence electrons. The molecule has 0 amide bonds. The molecule has 0 spiro atoms. The Balaban J connectivity index is 2.38. The van der Waals surface area contributed by atoms with Gasteiger partial charge in [-0.2, -0.15) is 0 Å². The van der Waals surface area contributed by atoms with Crippen molar-refractivity contribution in [3.05, 3.63) is 34.9 Å². The van der Waals surface area contributed by atoms with Crippen LogP contribution in [0.3, 0.4) is 0 Å². The number of hydrogen-bond donors (Lipinski definition) is 0. The van der Waals surface area contributed by atoms with E-state index in [9.17, 15) is 9.59 Å². The number of hydrogen-bond acceptors (Lipinski definition) is 3. The quantitative estimate of drug-likeness (QED) is 0.614. The van der Waals surface area contributed by atoms with Gasteiger partial charge in [0, 0.05) is 5.02 Å². The molecule has 0 aliphatic carbocycles. The zero-order valence-electron chi connectivity index (χ0n) is 11.3. The van der Waals surface area contributed by atoms with Crippen LogP contribution in [0.15, 0.2) is 24.3 Å². The van der Waals surface area contributed by atoms with Crippen molar-refractivity contribution in [3.63, 3.8) is 0 Å². The number of cyclic esters (lactones) is 1. The minimum Gasteiger partial charge on any atom is -0.456 e. The van der Waals surface area contributed by atoms with Gasteiger partial charge in [0.15, 0.2) is 5.78 Å². The number of Topliss-reactive ketones (excluding diaryl/α,β-unsaturated/α-hetero) is 1. The van der Waals surface area contributed by atoms with Crippen LogP contribution in [-0.2, 0) is 14.3 Å². The fourth-order valence-electron chi connectivity index (χ4n) is 2.51. The SMILES string of the molecule is CC[C@@H]1C(=O)O[C@@H](c2ccc(Cl)cc2)C(C)(C)C1=O. The van der Waals surface area contributed by atoms with Crippen LogP contribution < -0.4 is 0 Å². The molecular formula is C15H17ClO3. The number of halogens is 1. The highest BCUT2D eigenvalue weighted by molar-refractivity contribution is 6.30. The predicted octanol–water partition coefficient (Wildman–Crippen LogP) is 3.56. The van der Waals surface area contributed by atoms with E-state index < -0.39 is 23.4 Å². The molecule has 3 nitrogen and oxygen atoms in total. The van der Waals surface area contributed by atoms with Crippen LogP contribution in [0.25, 0.3) is 0 Å². The first-order chi connectivity index (χ1) is 8.87. The van der Waals surface area contributed by atoms with E-state index in [-0.39, 0.29) is 5.78 Å². The molecule has 1 aliphatic rings. The van der Waals surface area contributed by atoms with Gasteiger partial charge >= 0.3 is 5.97 Å². The molecule has 19 heavy (non-hydrogen) atoms. The second-order valence-electron chi connectivity index (χ2n) is 5.42. The number of benzene rings is 1. The molecule has 1 heterocycles. The minimum atomic E-state index is -0.720. The third kappa shape index (κ3) is 2.39. The second kappa shape index (κ2) is 4.97. The van der Waals surface area contributed by atoms with Crippen LogP contribution in [-0.4, -0.2) is 11.8 Å². The fourth-order valence-corrected chi connectivity index (χ4v) is 2.63. The summed E-state index contributed by atoms with van der Waals surface area (Å²) in [6.45, 7) is 5.47. The van der Waals surface area contributed by atoms with Crippen molar-refractivity contribution in [2.75, 3.05) is 0 Å². The average molecular weight is 281 g/mol. The second-order valence-corrected chi connectivity index (χ2v) is 5.85. The number of esters is 1. The smallest absolute Gasteiger partial charge is 0.317 e. The first-order valence-corrected chi connectivity index (χ1v) is 6.76. The van der Waals surface area contributed by atoms with Crippen molar-refractivity contribution < 1.29 is 14.3 Å². The summed E-state index contributed by atoms with van der Waals surface area (Å²) in [5, 5.41) is 0.612. The largest absolute Gasteiger partial charge is 0.456 e. The van der Waals surface area contributed by atoms with Crippen molar-refractivity contribution in [2.45, 2.75) is 33.3 Å². The molecule has 0 radical (unpaired) electrons. The number of carbonyl (C=O) groups is 2. The van der Waals surface area contributed by atoms with E-state index in [1.807, 2.05) is 20.8 Å². The first-order valence-electron chi connectivity index (χ1n) is 6.38. The van der Waals surface area contributed by atoms with Crippen LogP contribution in [0.5, 0.6) is 0 Å². The number of rotatable bonds is 2. The monoisotopic (exact) mass is 280 g/mol. The molecule has 0 bridgehead atoms. The van der Waals surface area contributed by atoms with Crippen molar-refractivity contribution in [2.24, 2.45) is 11.3 Å². The van der Waals surface area contributed by atoms with Crippen LogP contribution in [0.2, 0.25) is 5.02 Å². The maximum absolute atomic E-state index is 12.4. The van der Waals surface area contributed by atoms with Gasteiger partial charge < -0.3 is 4.74 Å². The average Bonchev–Trinajstić information content (AvgIpc) is 2.36. The molecule has 2 rings (SSSR count). The molecule has 0 saturated carbocycles. The standard InChI is InChI=1S/C15H17ClO3/c1-4-11-12(17)15(2,3)13(19-14(11)18)9-5-7-10(16)8-6-9/h5-8,11,13H,4H2,1-3H3/t11-,13-/m0/s1. The molecule has 4 heteroatoms. The summed E-state index contributed by atoms with van der Waals surface area (Å²) in [6, 6.07) is 7.05. The van der Waals surface area contributed by atoms with E-state index in [1.54, 1.807) is 24.3 Å². The molecule has 2 atom stereocenters. The Bertz CT molecular complexity index is 505. The topological polar surface area (TPSA) is 43.4 Å². The Morgan fingerprint density at radius 2 is 1.79 bits per heavy atom. The molecule has 1 aliphatic heterocycles. The Kier molecular flexibility index (Phi) is 3.68.